The summed E-state index contributed by atoms with van der Waals surface area (Å²) >= 11 is 0. The van der Waals surface area contributed by atoms with Crippen molar-refractivity contribution in [3.63, 3.8) is 0 Å². The normalized spacial score (nSPS) is 10.0. The zero-order chi connectivity index (χ0) is 6.81. The van der Waals surface area contributed by atoms with Crippen LogP contribution in [-0.4, -0.2) is 15.0 Å². The predicted octanol–water partition coefficient (Wildman–Crippen LogP) is 1.40. The maximum atomic E-state index is 3.91. The molecule has 0 radical (unpaired) electrons. The SMILES string of the molecule is c1cc(-c2cnc[nH]2)c[nH]1. The quantitative estimate of drug-likeness (QED) is 0.606. The van der Waals surface area contributed by atoms with Crippen LogP contribution in [0.3, 0.4) is 0 Å². The van der Waals surface area contributed by atoms with E-state index in [1.54, 1.807) is 12.5 Å². The first-order valence-electron chi connectivity index (χ1n) is 3.08. The van der Waals surface area contributed by atoms with Crippen LogP contribution < -0.4 is 0 Å². The van der Waals surface area contributed by atoms with Crippen molar-refractivity contribution in [3.8, 4) is 11.3 Å². The van der Waals surface area contributed by atoms with Crippen LogP contribution in [0.5, 0.6) is 0 Å². The molecule has 3 heteroatoms. The summed E-state index contributed by atoms with van der Waals surface area (Å²) in [5.41, 5.74) is 2.18. The van der Waals surface area contributed by atoms with Crippen molar-refractivity contribution in [2.45, 2.75) is 0 Å². The van der Waals surface area contributed by atoms with E-state index in [0.29, 0.717) is 0 Å². The lowest BCUT2D eigenvalue weighted by Gasteiger charge is -1.85. The molecule has 0 unspecified atom stereocenters. The van der Waals surface area contributed by atoms with Crippen molar-refractivity contribution in [1.29, 1.82) is 0 Å². The Morgan fingerprint density at radius 2 is 2.40 bits per heavy atom. The van der Waals surface area contributed by atoms with Gasteiger partial charge in [-0.3, -0.25) is 0 Å². The molecule has 0 aromatic carbocycles. The highest BCUT2D eigenvalue weighted by molar-refractivity contribution is 5.56. The van der Waals surface area contributed by atoms with Crippen LogP contribution in [0, 0.1) is 0 Å². The van der Waals surface area contributed by atoms with Gasteiger partial charge in [0, 0.05) is 18.0 Å². The van der Waals surface area contributed by atoms with Gasteiger partial charge in [0.2, 0.25) is 0 Å². The topological polar surface area (TPSA) is 44.5 Å². The average molecular weight is 133 g/mol. The second kappa shape index (κ2) is 2.02. The summed E-state index contributed by atoms with van der Waals surface area (Å²) in [4.78, 5) is 9.89. The highest BCUT2D eigenvalue weighted by Crippen LogP contribution is 2.12. The molecular formula is C7H7N3. The molecule has 0 aliphatic rings. The fourth-order valence-electron chi connectivity index (χ4n) is 0.905. The van der Waals surface area contributed by atoms with Crippen LogP contribution in [0.25, 0.3) is 11.3 Å². The Labute approximate surface area is 58.1 Å². The standard InChI is InChI=1S/C7H7N3/c1-2-8-3-6(1)7-4-9-5-10-7/h1-5,8H,(H,9,10). The van der Waals surface area contributed by atoms with Crippen LogP contribution in [-0.2, 0) is 0 Å². The summed E-state index contributed by atoms with van der Waals surface area (Å²) < 4.78 is 0. The number of imidazole rings is 1. The number of aromatic nitrogens is 3. The Morgan fingerprint density at radius 3 is 3.00 bits per heavy atom. The lowest BCUT2D eigenvalue weighted by Crippen LogP contribution is -1.68. The van der Waals surface area contributed by atoms with Crippen LogP contribution in [0.4, 0.5) is 0 Å². The summed E-state index contributed by atoms with van der Waals surface area (Å²) in [6, 6.07) is 1.99. The fraction of sp³-hybridized carbons (Fsp3) is 0. The number of hydrogen-bond acceptors (Lipinski definition) is 1. The Hall–Kier alpha value is -1.51. The number of hydrogen-bond donors (Lipinski definition) is 2. The molecule has 0 aliphatic carbocycles. The molecule has 2 rings (SSSR count). The molecule has 0 fully saturated rings. The maximum absolute atomic E-state index is 3.91. The molecule has 2 aromatic heterocycles. The van der Waals surface area contributed by atoms with E-state index in [2.05, 4.69) is 15.0 Å². The van der Waals surface area contributed by atoms with Gasteiger partial charge in [-0.2, -0.15) is 0 Å². The molecule has 2 N–H and O–H groups in total. The second-order valence-corrected chi connectivity index (χ2v) is 2.06. The molecule has 2 heterocycles. The monoisotopic (exact) mass is 133 g/mol. The van der Waals surface area contributed by atoms with Gasteiger partial charge in [-0.05, 0) is 6.07 Å². The fourth-order valence-corrected chi connectivity index (χ4v) is 0.905. The van der Waals surface area contributed by atoms with E-state index in [9.17, 15) is 0 Å². The summed E-state index contributed by atoms with van der Waals surface area (Å²) in [5, 5.41) is 0. The maximum Gasteiger partial charge on any atom is 0.0924 e. The third-order valence-corrected chi connectivity index (χ3v) is 1.41. The summed E-state index contributed by atoms with van der Waals surface area (Å²) in [5.74, 6) is 0. The van der Waals surface area contributed by atoms with Gasteiger partial charge < -0.3 is 9.97 Å². The van der Waals surface area contributed by atoms with E-state index in [-0.39, 0.29) is 0 Å². The van der Waals surface area contributed by atoms with Crippen molar-refractivity contribution in [2.75, 3.05) is 0 Å². The molecule has 10 heavy (non-hydrogen) atoms. The third-order valence-electron chi connectivity index (χ3n) is 1.41. The van der Waals surface area contributed by atoms with Gasteiger partial charge in [0.25, 0.3) is 0 Å². The Kier molecular flexibility index (Phi) is 1.07. The second-order valence-electron chi connectivity index (χ2n) is 2.06. The first kappa shape index (κ1) is 5.29. The van der Waals surface area contributed by atoms with Crippen molar-refractivity contribution < 1.29 is 0 Å². The number of rotatable bonds is 1. The summed E-state index contributed by atoms with van der Waals surface area (Å²) in [6.45, 7) is 0. The first-order chi connectivity index (χ1) is 4.97. The third kappa shape index (κ3) is 0.719. The molecule has 0 saturated heterocycles. The first-order valence-corrected chi connectivity index (χ1v) is 3.08. The molecule has 3 nitrogen and oxygen atoms in total. The number of aromatic amines is 2. The number of nitrogens with one attached hydrogen (secondary N) is 2. The Bertz CT molecular complexity index is 248. The molecular weight excluding hydrogens is 126 g/mol. The number of nitrogens with zero attached hydrogens (tertiary/aromatic N) is 1. The van der Waals surface area contributed by atoms with Gasteiger partial charge in [0.15, 0.2) is 0 Å². The summed E-state index contributed by atoms with van der Waals surface area (Å²) in [7, 11) is 0. The van der Waals surface area contributed by atoms with Crippen LogP contribution in [0.1, 0.15) is 0 Å². The minimum Gasteiger partial charge on any atom is -0.367 e. The molecule has 0 aliphatic heterocycles. The van der Waals surface area contributed by atoms with E-state index in [1.165, 1.54) is 0 Å². The van der Waals surface area contributed by atoms with E-state index in [0.717, 1.165) is 11.3 Å². The van der Waals surface area contributed by atoms with Gasteiger partial charge in [-0.25, -0.2) is 4.98 Å². The van der Waals surface area contributed by atoms with Gasteiger partial charge in [-0.1, -0.05) is 0 Å². The van der Waals surface area contributed by atoms with E-state index in [4.69, 9.17) is 0 Å². The van der Waals surface area contributed by atoms with Crippen LogP contribution >= 0.6 is 0 Å². The molecule has 0 atom stereocenters. The van der Waals surface area contributed by atoms with Gasteiger partial charge in [-0.15, -0.1) is 0 Å². The van der Waals surface area contributed by atoms with Crippen LogP contribution in [0.15, 0.2) is 31.0 Å². The minimum absolute atomic E-state index is 1.04. The van der Waals surface area contributed by atoms with Crippen molar-refractivity contribution >= 4 is 0 Å². The predicted molar refractivity (Wildman–Crippen MR) is 38.4 cm³/mol. The largest absolute Gasteiger partial charge is 0.367 e. The molecule has 2 aromatic rings. The van der Waals surface area contributed by atoms with E-state index < -0.39 is 0 Å². The van der Waals surface area contributed by atoms with Crippen LogP contribution in [0.2, 0.25) is 0 Å². The van der Waals surface area contributed by atoms with Gasteiger partial charge >= 0.3 is 0 Å². The van der Waals surface area contributed by atoms with Crippen molar-refractivity contribution in [2.24, 2.45) is 0 Å². The highest BCUT2D eigenvalue weighted by Gasteiger charge is 1.95. The van der Waals surface area contributed by atoms with E-state index >= 15 is 0 Å². The number of H-pyrrole nitrogens is 2. The Balaban J connectivity index is 2.48. The van der Waals surface area contributed by atoms with Crippen molar-refractivity contribution in [3.05, 3.63) is 31.0 Å². The summed E-state index contributed by atoms with van der Waals surface area (Å²) in [6.07, 6.45) is 7.27. The highest BCUT2D eigenvalue weighted by atomic mass is 14.9. The molecule has 0 spiro atoms. The lowest BCUT2D eigenvalue weighted by atomic mass is 10.3. The zero-order valence-corrected chi connectivity index (χ0v) is 5.33. The van der Waals surface area contributed by atoms with Gasteiger partial charge in [0.1, 0.15) is 0 Å². The minimum atomic E-state index is 1.04. The van der Waals surface area contributed by atoms with Gasteiger partial charge in [0.05, 0.1) is 18.2 Å². The molecule has 0 amide bonds. The molecule has 0 bridgehead atoms. The molecule has 0 saturated carbocycles. The zero-order valence-electron chi connectivity index (χ0n) is 5.33. The smallest absolute Gasteiger partial charge is 0.0924 e. The van der Waals surface area contributed by atoms with E-state index in [1.807, 2.05) is 18.5 Å². The lowest BCUT2D eigenvalue weighted by molar-refractivity contribution is 1.31. The molecule has 50 valence electrons. The Morgan fingerprint density at radius 1 is 1.40 bits per heavy atom. The average Bonchev–Trinajstić information content (AvgIpc) is 2.59. The van der Waals surface area contributed by atoms with Crippen molar-refractivity contribution in [1.82, 2.24) is 15.0 Å².